The van der Waals surface area contributed by atoms with Crippen LogP contribution in [0.25, 0.3) is 0 Å². The van der Waals surface area contributed by atoms with Crippen LogP contribution < -0.4 is 5.73 Å². The number of rotatable bonds is 9. The van der Waals surface area contributed by atoms with Crippen molar-refractivity contribution in [3.05, 3.63) is 12.1 Å². The SMILES string of the molecule is CC1(C)OB(C=CCOCCOCCOC(N)=O)OC1(C)C. The summed E-state index contributed by atoms with van der Waals surface area (Å²) in [5.74, 6) is 1.85. The van der Waals surface area contributed by atoms with E-state index in [0.29, 0.717) is 26.4 Å². The van der Waals surface area contributed by atoms with Crippen molar-refractivity contribution >= 4 is 13.2 Å². The van der Waals surface area contributed by atoms with Crippen LogP contribution in [0.5, 0.6) is 0 Å². The third kappa shape index (κ3) is 6.35. The zero-order chi connectivity index (χ0) is 16.6. The predicted octanol–water partition coefficient (Wildman–Crippen LogP) is 1.30. The first-order valence-electron chi connectivity index (χ1n) is 7.34. The van der Waals surface area contributed by atoms with Crippen molar-refractivity contribution in [3.8, 4) is 0 Å². The van der Waals surface area contributed by atoms with Crippen LogP contribution in [0.3, 0.4) is 0 Å². The molecule has 126 valence electrons. The molecule has 0 aromatic rings. The lowest BCUT2D eigenvalue weighted by Crippen LogP contribution is -2.41. The molecule has 2 N–H and O–H groups in total. The molecule has 7 nitrogen and oxygen atoms in total. The van der Waals surface area contributed by atoms with Gasteiger partial charge in [-0.25, -0.2) is 4.79 Å². The summed E-state index contributed by atoms with van der Waals surface area (Å²) < 4.78 is 26.7. The Morgan fingerprint density at radius 1 is 1.05 bits per heavy atom. The zero-order valence-electron chi connectivity index (χ0n) is 13.8. The van der Waals surface area contributed by atoms with Gasteiger partial charge in [-0.05, 0) is 27.7 Å². The Morgan fingerprint density at radius 3 is 2.18 bits per heavy atom. The Bertz CT molecular complexity index is 370. The van der Waals surface area contributed by atoms with Gasteiger partial charge in [0.25, 0.3) is 0 Å². The average molecular weight is 315 g/mol. The van der Waals surface area contributed by atoms with Gasteiger partial charge < -0.3 is 29.3 Å². The van der Waals surface area contributed by atoms with E-state index in [0.717, 1.165) is 0 Å². The minimum atomic E-state index is -0.798. The van der Waals surface area contributed by atoms with E-state index in [4.69, 9.17) is 24.5 Å². The molecule has 1 rings (SSSR count). The van der Waals surface area contributed by atoms with E-state index in [1.165, 1.54) is 0 Å². The highest BCUT2D eigenvalue weighted by Crippen LogP contribution is 2.36. The van der Waals surface area contributed by atoms with E-state index >= 15 is 0 Å². The smallest absolute Gasteiger partial charge is 0.447 e. The average Bonchev–Trinajstić information content (AvgIpc) is 2.59. The van der Waals surface area contributed by atoms with Crippen LogP contribution in [0.15, 0.2) is 12.1 Å². The molecule has 1 saturated heterocycles. The van der Waals surface area contributed by atoms with Gasteiger partial charge in [-0.3, -0.25) is 0 Å². The molecule has 0 bridgehead atoms. The minimum absolute atomic E-state index is 0.150. The lowest BCUT2D eigenvalue weighted by Gasteiger charge is -2.32. The first-order valence-corrected chi connectivity index (χ1v) is 7.34. The van der Waals surface area contributed by atoms with Gasteiger partial charge >= 0.3 is 13.2 Å². The fraction of sp³-hybridized carbons (Fsp3) is 0.786. The molecule has 1 fully saturated rings. The third-order valence-corrected chi connectivity index (χ3v) is 3.62. The number of hydrogen-bond acceptors (Lipinski definition) is 6. The topological polar surface area (TPSA) is 89.2 Å². The summed E-state index contributed by atoms with van der Waals surface area (Å²) in [7, 11) is -0.351. The maximum Gasteiger partial charge on any atom is 0.486 e. The molecule has 0 atom stereocenters. The molecule has 8 heteroatoms. The summed E-state index contributed by atoms with van der Waals surface area (Å²) in [5, 5.41) is 0. The number of primary amides is 1. The monoisotopic (exact) mass is 315 g/mol. The summed E-state index contributed by atoms with van der Waals surface area (Å²) in [5.41, 5.74) is 4.14. The standard InChI is InChI=1S/C14H26BNO6/c1-13(2)14(3,4)22-15(21-13)6-5-7-18-8-9-19-10-11-20-12(16)17/h5-6H,7-11H2,1-4H3,(H2,16,17). The molecule has 0 radical (unpaired) electrons. The highest BCUT2D eigenvalue weighted by Gasteiger charge is 2.49. The molecular formula is C14H26BNO6. The van der Waals surface area contributed by atoms with Crippen molar-refractivity contribution in [1.82, 2.24) is 0 Å². The number of ether oxygens (including phenoxy) is 3. The predicted molar refractivity (Wildman–Crippen MR) is 82.4 cm³/mol. The molecule has 1 amide bonds. The van der Waals surface area contributed by atoms with Gasteiger partial charge in [0.05, 0.1) is 37.6 Å². The van der Waals surface area contributed by atoms with Crippen LogP contribution in [0.4, 0.5) is 4.79 Å². The van der Waals surface area contributed by atoms with Crippen LogP contribution in [0, 0.1) is 0 Å². The first kappa shape index (κ1) is 19.0. The first-order chi connectivity index (χ1) is 10.2. The lowest BCUT2D eigenvalue weighted by atomic mass is 9.90. The van der Waals surface area contributed by atoms with Crippen molar-refractivity contribution in [1.29, 1.82) is 0 Å². The summed E-state index contributed by atoms with van der Waals surface area (Å²) >= 11 is 0. The van der Waals surface area contributed by atoms with Crippen molar-refractivity contribution in [2.24, 2.45) is 5.73 Å². The molecule has 0 aromatic heterocycles. The Kier molecular flexibility index (Phi) is 7.35. The van der Waals surface area contributed by atoms with E-state index in [1.54, 1.807) is 0 Å². The molecule has 0 aromatic carbocycles. The third-order valence-electron chi connectivity index (χ3n) is 3.62. The van der Waals surface area contributed by atoms with Crippen molar-refractivity contribution in [3.63, 3.8) is 0 Å². The molecular weight excluding hydrogens is 289 g/mol. The summed E-state index contributed by atoms with van der Waals surface area (Å²) in [6, 6.07) is 0. The molecule has 0 aliphatic carbocycles. The van der Waals surface area contributed by atoms with Crippen LogP contribution in [-0.4, -0.2) is 57.4 Å². The number of carbonyl (C=O) groups excluding carboxylic acids is 1. The second-order valence-corrected chi connectivity index (χ2v) is 5.91. The number of nitrogens with two attached hydrogens (primary N) is 1. The second kappa shape index (κ2) is 8.52. The Labute approximate surface area is 132 Å². The number of carbonyl (C=O) groups is 1. The molecule has 0 saturated carbocycles. The van der Waals surface area contributed by atoms with Gasteiger partial charge in [-0.1, -0.05) is 12.1 Å². The highest BCUT2D eigenvalue weighted by molar-refractivity contribution is 6.51. The lowest BCUT2D eigenvalue weighted by molar-refractivity contribution is 0.00578. The van der Waals surface area contributed by atoms with Crippen LogP contribution in [0.1, 0.15) is 27.7 Å². The van der Waals surface area contributed by atoms with Gasteiger partial charge in [-0.15, -0.1) is 0 Å². The summed E-state index contributed by atoms with van der Waals surface area (Å²) in [6.07, 6.45) is 1.06. The maximum absolute atomic E-state index is 10.3. The maximum atomic E-state index is 10.3. The molecule has 22 heavy (non-hydrogen) atoms. The zero-order valence-corrected chi connectivity index (χ0v) is 13.8. The van der Waals surface area contributed by atoms with Crippen LogP contribution in [-0.2, 0) is 23.5 Å². The van der Waals surface area contributed by atoms with Crippen molar-refractivity contribution < 1.29 is 28.3 Å². The van der Waals surface area contributed by atoms with Crippen LogP contribution >= 0.6 is 0 Å². The van der Waals surface area contributed by atoms with E-state index in [1.807, 2.05) is 39.7 Å². The number of hydrogen-bond donors (Lipinski definition) is 1. The van der Waals surface area contributed by atoms with E-state index in [-0.39, 0.29) is 24.9 Å². The normalized spacial score (nSPS) is 19.7. The van der Waals surface area contributed by atoms with Gasteiger partial charge in [-0.2, -0.15) is 0 Å². The Balaban J connectivity index is 2.03. The largest absolute Gasteiger partial charge is 0.486 e. The Hall–Kier alpha value is -1.09. The molecule has 1 heterocycles. The molecule has 1 aliphatic rings. The van der Waals surface area contributed by atoms with Gasteiger partial charge in [0.1, 0.15) is 6.61 Å². The molecule has 1 aliphatic heterocycles. The summed E-state index contributed by atoms with van der Waals surface area (Å²) in [6.45, 7) is 9.82. The van der Waals surface area contributed by atoms with Gasteiger partial charge in [0.2, 0.25) is 0 Å². The van der Waals surface area contributed by atoms with E-state index in [9.17, 15) is 4.79 Å². The fourth-order valence-corrected chi connectivity index (χ4v) is 1.71. The van der Waals surface area contributed by atoms with Crippen molar-refractivity contribution in [2.45, 2.75) is 38.9 Å². The fourth-order valence-electron chi connectivity index (χ4n) is 1.71. The van der Waals surface area contributed by atoms with E-state index < -0.39 is 6.09 Å². The number of amides is 1. The van der Waals surface area contributed by atoms with Gasteiger partial charge in [0, 0.05) is 0 Å². The van der Waals surface area contributed by atoms with E-state index in [2.05, 4.69) is 4.74 Å². The minimum Gasteiger partial charge on any atom is -0.447 e. The Morgan fingerprint density at radius 2 is 1.59 bits per heavy atom. The molecule has 0 unspecified atom stereocenters. The molecule has 0 spiro atoms. The van der Waals surface area contributed by atoms with Crippen molar-refractivity contribution in [2.75, 3.05) is 33.0 Å². The second-order valence-electron chi connectivity index (χ2n) is 5.91. The quantitative estimate of drug-likeness (QED) is 0.509. The van der Waals surface area contributed by atoms with Gasteiger partial charge in [0.15, 0.2) is 0 Å². The summed E-state index contributed by atoms with van der Waals surface area (Å²) in [4.78, 5) is 10.3. The highest BCUT2D eigenvalue weighted by atomic mass is 16.7. The van der Waals surface area contributed by atoms with Crippen LogP contribution in [0.2, 0.25) is 0 Å².